The first kappa shape index (κ1) is 9.67. The van der Waals surface area contributed by atoms with E-state index in [1.807, 2.05) is 32.1 Å². The molecule has 1 rings (SSSR count). The zero-order chi connectivity index (χ0) is 9.68. The average molecular weight is 178 g/mol. The van der Waals surface area contributed by atoms with Crippen LogP contribution in [0.4, 0.5) is 0 Å². The molecule has 0 saturated carbocycles. The Balaban J connectivity index is 2.63. The molecule has 1 heterocycles. The summed E-state index contributed by atoms with van der Waals surface area (Å²) < 4.78 is 0. The molecule has 70 valence electrons. The fraction of sp³-hybridized carbons (Fsp3) is 0.333. The van der Waals surface area contributed by atoms with Crippen LogP contribution in [0.2, 0.25) is 0 Å². The van der Waals surface area contributed by atoms with Crippen LogP contribution in [0.1, 0.15) is 13.8 Å². The van der Waals surface area contributed by atoms with Crippen molar-refractivity contribution in [3.05, 3.63) is 30.6 Å². The first-order chi connectivity index (χ1) is 6.20. The maximum absolute atomic E-state index is 5.54. The van der Waals surface area contributed by atoms with Crippen LogP contribution in [0, 0.1) is 0 Å². The maximum atomic E-state index is 5.54. The van der Waals surface area contributed by atoms with Crippen molar-refractivity contribution < 1.29 is 0 Å². The molecule has 0 fully saturated rings. The van der Waals surface area contributed by atoms with Crippen molar-refractivity contribution in [3.8, 4) is 0 Å². The molecule has 0 amide bonds. The molecule has 4 nitrogen and oxygen atoms in total. The molecule has 13 heavy (non-hydrogen) atoms. The molecule has 0 aromatic carbocycles. The predicted octanol–water partition coefficient (Wildman–Crippen LogP) is 1.04. The molecule has 1 unspecified atom stereocenters. The van der Waals surface area contributed by atoms with E-state index in [2.05, 4.69) is 10.2 Å². The summed E-state index contributed by atoms with van der Waals surface area (Å²) in [5, 5.41) is 7.97. The molecule has 0 radical (unpaired) electrons. The molecule has 1 aromatic heterocycles. The highest BCUT2D eigenvalue weighted by atomic mass is 15.5. The monoisotopic (exact) mass is 178 g/mol. The highest BCUT2D eigenvalue weighted by Gasteiger charge is 1.91. The van der Waals surface area contributed by atoms with Crippen LogP contribution in [0.5, 0.6) is 0 Å². The molecule has 4 heteroatoms. The van der Waals surface area contributed by atoms with Gasteiger partial charge in [0, 0.05) is 6.04 Å². The molecule has 2 N–H and O–H groups in total. The van der Waals surface area contributed by atoms with Crippen LogP contribution in [0.15, 0.2) is 30.6 Å². The van der Waals surface area contributed by atoms with Gasteiger partial charge >= 0.3 is 0 Å². The van der Waals surface area contributed by atoms with Crippen molar-refractivity contribution in [3.63, 3.8) is 0 Å². The van der Waals surface area contributed by atoms with Crippen LogP contribution in [-0.2, 0) is 0 Å². The van der Waals surface area contributed by atoms with Gasteiger partial charge in [-0.05, 0) is 19.9 Å². The lowest BCUT2D eigenvalue weighted by atomic mass is 10.3. The summed E-state index contributed by atoms with van der Waals surface area (Å²) in [6.45, 7) is 3.86. The zero-order valence-electron chi connectivity index (χ0n) is 7.88. The van der Waals surface area contributed by atoms with Crippen molar-refractivity contribution in [2.75, 3.05) is 0 Å². The smallest absolute Gasteiger partial charge is 0.0697 e. The zero-order valence-corrected chi connectivity index (χ0v) is 7.88. The Kier molecular flexibility index (Phi) is 3.40. The molecule has 0 aliphatic heterocycles. The van der Waals surface area contributed by atoms with E-state index in [-0.39, 0.29) is 6.04 Å². The van der Waals surface area contributed by atoms with Crippen molar-refractivity contribution in [1.82, 2.24) is 15.0 Å². The predicted molar refractivity (Wildman–Crippen MR) is 52.8 cm³/mol. The van der Waals surface area contributed by atoms with Crippen molar-refractivity contribution >= 4 is 5.70 Å². The summed E-state index contributed by atoms with van der Waals surface area (Å²) in [5.74, 6) is 0. The summed E-state index contributed by atoms with van der Waals surface area (Å²) in [7, 11) is 0. The van der Waals surface area contributed by atoms with Crippen LogP contribution < -0.4 is 5.73 Å². The molecule has 0 bridgehead atoms. The van der Waals surface area contributed by atoms with Gasteiger partial charge in [0.05, 0.1) is 18.1 Å². The number of nitrogens with two attached hydrogens (primary N) is 1. The number of rotatable bonds is 3. The van der Waals surface area contributed by atoms with E-state index in [1.54, 1.807) is 17.2 Å². The second-order valence-corrected chi connectivity index (χ2v) is 2.87. The van der Waals surface area contributed by atoms with E-state index in [1.165, 1.54) is 0 Å². The average Bonchev–Trinajstić information content (AvgIpc) is 2.55. The molecule has 0 spiro atoms. The Bertz CT molecular complexity index is 295. The van der Waals surface area contributed by atoms with Crippen LogP contribution >= 0.6 is 0 Å². The van der Waals surface area contributed by atoms with E-state index in [0.717, 1.165) is 5.70 Å². The van der Waals surface area contributed by atoms with Crippen molar-refractivity contribution in [2.24, 2.45) is 5.73 Å². The SMILES string of the molecule is C/C(=C\C=C/C(C)N)n1nccn1. The Morgan fingerprint density at radius 3 is 2.62 bits per heavy atom. The lowest BCUT2D eigenvalue weighted by Crippen LogP contribution is -2.09. The lowest BCUT2D eigenvalue weighted by molar-refractivity contribution is 0.765. The summed E-state index contributed by atoms with van der Waals surface area (Å²) in [6, 6.07) is 0.0784. The molecule has 0 saturated heterocycles. The van der Waals surface area contributed by atoms with Crippen molar-refractivity contribution in [1.29, 1.82) is 0 Å². The quantitative estimate of drug-likeness (QED) is 0.704. The van der Waals surface area contributed by atoms with E-state index in [9.17, 15) is 0 Å². The third kappa shape index (κ3) is 3.21. The Hall–Kier alpha value is -1.42. The Morgan fingerprint density at radius 1 is 1.46 bits per heavy atom. The molecule has 1 atom stereocenters. The molecule has 0 aliphatic rings. The van der Waals surface area contributed by atoms with Crippen molar-refractivity contribution in [2.45, 2.75) is 19.9 Å². The highest BCUT2D eigenvalue weighted by Crippen LogP contribution is 1.97. The summed E-state index contributed by atoms with van der Waals surface area (Å²) in [5.41, 5.74) is 6.50. The van der Waals surface area contributed by atoms with Crippen LogP contribution in [0.25, 0.3) is 5.70 Å². The van der Waals surface area contributed by atoms with Gasteiger partial charge in [0.2, 0.25) is 0 Å². The lowest BCUT2D eigenvalue weighted by Gasteiger charge is -1.96. The van der Waals surface area contributed by atoms with Gasteiger partial charge in [0.15, 0.2) is 0 Å². The first-order valence-corrected chi connectivity index (χ1v) is 4.17. The first-order valence-electron chi connectivity index (χ1n) is 4.17. The molecule has 1 aromatic rings. The maximum Gasteiger partial charge on any atom is 0.0697 e. The van der Waals surface area contributed by atoms with Gasteiger partial charge in [-0.3, -0.25) is 0 Å². The minimum Gasteiger partial charge on any atom is -0.325 e. The topological polar surface area (TPSA) is 56.7 Å². The largest absolute Gasteiger partial charge is 0.325 e. The number of aromatic nitrogens is 3. The van der Waals surface area contributed by atoms with Gasteiger partial charge in [0.25, 0.3) is 0 Å². The van der Waals surface area contributed by atoms with Gasteiger partial charge in [-0.1, -0.05) is 12.2 Å². The third-order valence-electron chi connectivity index (χ3n) is 1.49. The normalized spacial score (nSPS) is 15.2. The summed E-state index contributed by atoms with van der Waals surface area (Å²) in [6.07, 6.45) is 9.03. The van der Waals surface area contributed by atoms with Gasteiger partial charge in [-0.25, -0.2) is 0 Å². The number of hydrogen-bond acceptors (Lipinski definition) is 3. The van der Waals surface area contributed by atoms with E-state index >= 15 is 0 Å². The minimum atomic E-state index is 0.0784. The number of hydrogen-bond donors (Lipinski definition) is 1. The summed E-state index contributed by atoms with van der Waals surface area (Å²) >= 11 is 0. The van der Waals surface area contributed by atoms with Crippen LogP contribution in [-0.4, -0.2) is 21.0 Å². The fourth-order valence-corrected chi connectivity index (χ4v) is 0.835. The third-order valence-corrected chi connectivity index (χ3v) is 1.49. The fourth-order valence-electron chi connectivity index (χ4n) is 0.835. The minimum absolute atomic E-state index is 0.0784. The van der Waals surface area contributed by atoms with E-state index in [4.69, 9.17) is 5.73 Å². The number of allylic oxidation sites excluding steroid dienone is 3. The van der Waals surface area contributed by atoms with E-state index in [0.29, 0.717) is 0 Å². The molecule has 0 aliphatic carbocycles. The van der Waals surface area contributed by atoms with E-state index < -0.39 is 0 Å². The highest BCUT2D eigenvalue weighted by molar-refractivity contribution is 5.42. The Morgan fingerprint density at radius 2 is 2.08 bits per heavy atom. The second kappa shape index (κ2) is 4.57. The Labute approximate surface area is 77.7 Å². The number of nitrogens with zero attached hydrogens (tertiary/aromatic N) is 3. The van der Waals surface area contributed by atoms with Gasteiger partial charge < -0.3 is 5.73 Å². The standard InChI is InChI=1S/C9H14N4/c1-8(10)4-3-5-9(2)13-11-6-7-12-13/h3-8H,10H2,1-2H3/b4-3-,9-5+. The van der Waals surface area contributed by atoms with Gasteiger partial charge in [-0.15, -0.1) is 0 Å². The summed E-state index contributed by atoms with van der Waals surface area (Å²) in [4.78, 5) is 1.56. The van der Waals surface area contributed by atoms with Gasteiger partial charge in [0.1, 0.15) is 0 Å². The molecular weight excluding hydrogens is 164 g/mol. The van der Waals surface area contributed by atoms with Gasteiger partial charge in [-0.2, -0.15) is 15.0 Å². The molecular formula is C9H14N4. The van der Waals surface area contributed by atoms with Crippen LogP contribution in [0.3, 0.4) is 0 Å². The second-order valence-electron chi connectivity index (χ2n) is 2.87.